The molecule has 1 aromatic carbocycles. The van der Waals surface area contributed by atoms with Crippen LogP contribution in [0.2, 0.25) is 0 Å². The molecule has 1 aromatic rings. The van der Waals surface area contributed by atoms with Crippen molar-refractivity contribution in [2.75, 3.05) is 19.7 Å². The summed E-state index contributed by atoms with van der Waals surface area (Å²) in [4.78, 5) is 0. The first kappa shape index (κ1) is 11.6. The number of piperidine rings is 1. The molecule has 1 saturated heterocycles. The Bertz CT molecular complexity index is 301. The van der Waals surface area contributed by atoms with Gasteiger partial charge in [-0.15, -0.1) is 0 Å². The van der Waals surface area contributed by atoms with Gasteiger partial charge in [0.1, 0.15) is 0 Å². The normalized spacial score (nSPS) is 20.9. The molecular formula is C14H21NO. The number of rotatable bonds is 4. The highest BCUT2D eigenvalue weighted by molar-refractivity contribution is 5.20. The standard InChI is InChI=1S/C14H21NO/c1-12-4-6-13(7-5-12)10-16-11-14-3-2-8-15-9-14/h4-7,14-15H,2-3,8-11H2,1H3/t14-/m0/s1. The summed E-state index contributed by atoms with van der Waals surface area (Å²) in [6.07, 6.45) is 2.60. The monoisotopic (exact) mass is 219 g/mol. The summed E-state index contributed by atoms with van der Waals surface area (Å²) in [6.45, 7) is 6.04. The fourth-order valence-corrected chi connectivity index (χ4v) is 2.09. The van der Waals surface area contributed by atoms with Crippen molar-refractivity contribution in [1.82, 2.24) is 5.32 Å². The third-order valence-electron chi connectivity index (χ3n) is 3.14. The van der Waals surface area contributed by atoms with Crippen LogP contribution in [0.3, 0.4) is 0 Å². The van der Waals surface area contributed by atoms with E-state index < -0.39 is 0 Å². The van der Waals surface area contributed by atoms with Crippen molar-refractivity contribution < 1.29 is 4.74 Å². The number of nitrogens with one attached hydrogen (secondary N) is 1. The van der Waals surface area contributed by atoms with Gasteiger partial charge in [-0.05, 0) is 37.8 Å². The molecule has 1 atom stereocenters. The van der Waals surface area contributed by atoms with Crippen LogP contribution in [0.1, 0.15) is 24.0 Å². The third-order valence-corrected chi connectivity index (χ3v) is 3.14. The molecule has 1 N–H and O–H groups in total. The maximum absolute atomic E-state index is 5.76. The number of hydrogen-bond acceptors (Lipinski definition) is 2. The van der Waals surface area contributed by atoms with E-state index >= 15 is 0 Å². The van der Waals surface area contributed by atoms with Crippen LogP contribution in [-0.4, -0.2) is 19.7 Å². The first-order valence-electron chi connectivity index (χ1n) is 6.18. The van der Waals surface area contributed by atoms with Crippen LogP contribution >= 0.6 is 0 Å². The molecule has 0 unspecified atom stereocenters. The zero-order valence-electron chi connectivity index (χ0n) is 10.0. The number of benzene rings is 1. The van der Waals surface area contributed by atoms with Crippen molar-refractivity contribution in [2.45, 2.75) is 26.4 Å². The molecule has 16 heavy (non-hydrogen) atoms. The largest absolute Gasteiger partial charge is 0.376 e. The summed E-state index contributed by atoms with van der Waals surface area (Å²) in [5.41, 5.74) is 2.58. The SMILES string of the molecule is Cc1ccc(COC[C@H]2CCCNC2)cc1. The van der Waals surface area contributed by atoms with E-state index in [1.165, 1.54) is 30.5 Å². The molecule has 1 aliphatic heterocycles. The van der Waals surface area contributed by atoms with Crippen LogP contribution < -0.4 is 5.32 Å². The van der Waals surface area contributed by atoms with Crippen molar-refractivity contribution in [1.29, 1.82) is 0 Å². The maximum atomic E-state index is 5.76. The lowest BCUT2D eigenvalue weighted by atomic mass is 10.0. The summed E-state index contributed by atoms with van der Waals surface area (Å²) in [5, 5.41) is 3.41. The number of hydrogen-bond donors (Lipinski definition) is 1. The van der Waals surface area contributed by atoms with Gasteiger partial charge in [0.15, 0.2) is 0 Å². The molecule has 0 radical (unpaired) electrons. The van der Waals surface area contributed by atoms with Crippen LogP contribution in [0.25, 0.3) is 0 Å². The van der Waals surface area contributed by atoms with Crippen LogP contribution in [0.5, 0.6) is 0 Å². The van der Waals surface area contributed by atoms with Crippen LogP contribution in [0.15, 0.2) is 24.3 Å². The predicted molar refractivity (Wildman–Crippen MR) is 66.4 cm³/mol. The Hall–Kier alpha value is -0.860. The van der Waals surface area contributed by atoms with Gasteiger partial charge in [0.05, 0.1) is 13.2 Å². The Morgan fingerprint density at radius 2 is 2.12 bits per heavy atom. The first-order chi connectivity index (χ1) is 7.84. The molecule has 0 bridgehead atoms. The minimum Gasteiger partial charge on any atom is -0.376 e. The molecule has 0 aromatic heterocycles. The lowest BCUT2D eigenvalue weighted by Gasteiger charge is -2.22. The van der Waals surface area contributed by atoms with Gasteiger partial charge in [0.25, 0.3) is 0 Å². The topological polar surface area (TPSA) is 21.3 Å². The fraction of sp³-hybridized carbons (Fsp3) is 0.571. The summed E-state index contributed by atoms with van der Waals surface area (Å²) < 4.78 is 5.76. The minimum atomic E-state index is 0.708. The second-order valence-corrected chi connectivity index (χ2v) is 4.71. The van der Waals surface area contributed by atoms with Gasteiger partial charge in [-0.25, -0.2) is 0 Å². The zero-order valence-corrected chi connectivity index (χ0v) is 10.0. The highest BCUT2D eigenvalue weighted by Gasteiger charge is 2.12. The van der Waals surface area contributed by atoms with Gasteiger partial charge >= 0.3 is 0 Å². The van der Waals surface area contributed by atoms with E-state index in [2.05, 4.69) is 36.5 Å². The Morgan fingerprint density at radius 1 is 1.31 bits per heavy atom. The summed E-state index contributed by atoms with van der Waals surface area (Å²) in [5.74, 6) is 0.708. The Kier molecular flexibility index (Phi) is 4.37. The zero-order chi connectivity index (χ0) is 11.2. The Balaban J connectivity index is 1.69. The molecule has 1 aliphatic rings. The average Bonchev–Trinajstić information content (AvgIpc) is 2.33. The molecule has 88 valence electrons. The second-order valence-electron chi connectivity index (χ2n) is 4.71. The molecule has 1 fully saturated rings. The molecule has 0 aliphatic carbocycles. The molecule has 2 heteroatoms. The second kappa shape index (κ2) is 6.02. The van der Waals surface area contributed by atoms with E-state index in [0.29, 0.717) is 5.92 Å². The van der Waals surface area contributed by atoms with E-state index in [-0.39, 0.29) is 0 Å². The van der Waals surface area contributed by atoms with Crippen LogP contribution in [0, 0.1) is 12.8 Å². The van der Waals surface area contributed by atoms with Gasteiger partial charge in [0.2, 0.25) is 0 Å². The van der Waals surface area contributed by atoms with Gasteiger partial charge in [-0.3, -0.25) is 0 Å². The molecular weight excluding hydrogens is 198 g/mol. The Morgan fingerprint density at radius 3 is 2.81 bits per heavy atom. The van der Waals surface area contributed by atoms with E-state index in [0.717, 1.165) is 19.8 Å². The smallest absolute Gasteiger partial charge is 0.0717 e. The quantitative estimate of drug-likeness (QED) is 0.840. The van der Waals surface area contributed by atoms with Crippen LogP contribution in [0.4, 0.5) is 0 Å². The molecule has 0 spiro atoms. The Labute approximate surface area is 98.0 Å². The van der Waals surface area contributed by atoms with Crippen molar-refractivity contribution in [3.8, 4) is 0 Å². The lowest BCUT2D eigenvalue weighted by molar-refractivity contribution is 0.0783. The van der Waals surface area contributed by atoms with Crippen molar-refractivity contribution in [3.05, 3.63) is 35.4 Å². The van der Waals surface area contributed by atoms with E-state index in [9.17, 15) is 0 Å². The van der Waals surface area contributed by atoms with Gasteiger partial charge in [-0.2, -0.15) is 0 Å². The highest BCUT2D eigenvalue weighted by Crippen LogP contribution is 2.11. The fourth-order valence-electron chi connectivity index (χ4n) is 2.09. The van der Waals surface area contributed by atoms with E-state index in [1.54, 1.807) is 0 Å². The number of ether oxygens (including phenoxy) is 1. The van der Waals surface area contributed by atoms with Crippen molar-refractivity contribution in [3.63, 3.8) is 0 Å². The molecule has 0 amide bonds. The average molecular weight is 219 g/mol. The van der Waals surface area contributed by atoms with Gasteiger partial charge in [-0.1, -0.05) is 29.8 Å². The summed E-state index contributed by atoms with van der Waals surface area (Å²) >= 11 is 0. The third kappa shape index (κ3) is 3.62. The molecule has 2 rings (SSSR count). The highest BCUT2D eigenvalue weighted by atomic mass is 16.5. The summed E-state index contributed by atoms with van der Waals surface area (Å²) in [6, 6.07) is 8.57. The predicted octanol–water partition coefficient (Wildman–Crippen LogP) is 2.51. The molecule has 0 saturated carbocycles. The molecule has 2 nitrogen and oxygen atoms in total. The van der Waals surface area contributed by atoms with Crippen molar-refractivity contribution >= 4 is 0 Å². The maximum Gasteiger partial charge on any atom is 0.0717 e. The van der Waals surface area contributed by atoms with Gasteiger partial charge in [0, 0.05) is 6.54 Å². The van der Waals surface area contributed by atoms with Crippen LogP contribution in [-0.2, 0) is 11.3 Å². The number of aryl methyl sites for hydroxylation is 1. The van der Waals surface area contributed by atoms with Gasteiger partial charge < -0.3 is 10.1 Å². The first-order valence-corrected chi connectivity index (χ1v) is 6.18. The van der Waals surface area contributed by atoms with E-state index in [1.807, 2.05) is 0 Å². The van der Waals surface area contributed by atoms with Crippen molar-refractivity contribution in [2.24, 2.45) is 5.92 Å². The minimum absolute atomic E-state index is 0.708. The summed E-state index contributed by atoms with van der Waals surface area (Å²) in [7, 11) is 0. The van der Waals surface area contributed by atoms with E-state index in [4.69, 9.17) is 4.74 Å². The lowest BCUT2D eigenvalue weighted by Crippen LogP contribution is -2.32. The molecule has 1 heterocycles.